The van der Waals surface area contributed by atoms with Crippen molar-refractivity contribution in [2.45, 2.75) is 24.8 Å². The topological polar surface area (TPSA) is 38.5 Å². The number of nitrogens with two attached hydrogens (primary N) is 1. The van der Waals surface area contributed by atoms with Crippen LogP contribution in [0.25, 0.3) is 0 Å². The van der Waals surface area contributed by atoms with Crippen LogP contribution in [0.1, 0.15) is 12.8 Å². The predicted octanol–water partition coefficient (Wildman–Crippen LogP) is 0.691. The van der Waals surface area contributed by atoms with Crippen LogP contribution < -0.4 is 5.73 Å². The number of alkyl halides is 2. The monoisotopic (exact) mass is 208 g/mol. The smallest absolute Gasteiger partial charge is 0.262 e. The van der Waals surface area contributed by atoms with Gasteiger partial charge in [-0.25, -0.2) is 8.78 Å². The number of methoxy groups -OCH3 is 1. The average Bonchev–Trinajstić information content (AvgIpc) is 2.38. The summed E-state index contributed by atoms with van der Waals surface area (Å²) in [4.78, 5) is 1.77. The van der Waals surface area contributed by atoms with Gasteiger partial charge in [-0.1, -0.05) is 0 Å². The first kappa shape index (κ1) is 11.8. The van der Waals surface area contributed by atoms with E-state index in [1.807, 2.05) is 0 Å². The number of rotatable bonds is 5. The Balaban J connectivity index is 2.44. The van der Waals surface area contributed by atoms with E-state index in [1.54, 1.807) is 4.90 Å². The summed E-state index contributed by atoms with van der Waals surface area (Å²) in [5.74, 6) is -2.56. The molecule has 0 aliphatic carbocycles. The Labute approximate surface area is 83.2 Å². The molecule has 1 aliphatic heterocycles. The minimum Gasteiger partial charge on any atom is -0.383 e. The lowest BCUT2D eigenvalue weighted by Gasteiger charge is -2.22. The van der Waals surface area contributed by atoms with Crippen LogP contribution in [0.2, 0.25) is 0 Å². The van der Waals surface area contributed by atoms with Crippen molar-refractivity contribution < 1.29 is 13.5 Å². The van der Waals surface area contributed by atoms with Gasteiger partial charge in [-0.3, -0.25) is 4.90 Å². The molecule has 0 aromatic carbocycles. The van der Waals surface area contributed by atoms with E-state index in [0.29, 0.717) is 19.7 Å². The van der Waals surface area contributed by atoms with E-state index < -0.39 is 5.92 Å². The lowest BCUT2D eigenvalue weighted by atomic mass is 10.2. The quantitative estimate of drug-likeness (QED) is 0.722. The summed E-state index contributed by atoms with van der Waals surface area (Å²) < 4.78 is 31.1. The maximum Gasteiger partial charge on any atom is 0.262 e. The number of hydrogen-bond donors (Lipinski definition) is 1. The largest absolute Gasteiger partial charge is 0.383 e. The Morgan fingerprint density at radius 1 is 1.57 bits per heavy atom. The van der Waals surface area contributed by atoms with Crippen LogP contribution in [-0.4, -0.2) is 50.2 Å². The van der Waals surface area contributed by atoms with Crippen molar-refractivity contribution in [3.05, 3.63) is 0 Å². The Morgan fingerprint density at radius 3 is 2.86 bits per heavy atom. The molecule has 14 heavy (non-hydrogen) atoms. The molecule has 1 saturated heterocycles. The normalized spacial score (nSPS) is 27.0. The fourth-order valence-corrected chi connectivity index (χ4v) is 1.88. The van der Waals surface area contributed by atoms with Crippen LogP contribution in [0, 0.1) is 0 Å². The molecule has 0 bridgehead atoms. The van der Waals surface area contributed by atoms with Crippen LogP contribution in [0.4, 0.5) is 8.78 Å². The van der Waals surface area contributed by atoms with Gasteiger partial charge >= 0.3 is 0 Å². The molecule has 1 atom stereocenters. The third-order valence-corrected chi connectivity index (χ3v) is 2.49. The Hall–Kier alpha value is -0.260. The summed E-state index contributed by atoms with van der Waals surface area (Å²) >= 11 is 0. The second-order valence-electron chi connectivity index (χ2n) is 3.78. The second kappa shape index (κ2) is 5.00. The van der Waals surface area contributed by atoms with Crippen molar-refractivity contribution in [2.75, 3.05) is 33.4 Å². The molecule has 0 saturated carbocycles. The van der Waals surface area contributed by atoms with Crippen LogP contribution in [-0.2, 0) is 4.74 Å². The average molecular weight is 208 g/mol. The van der Waals surface area contributed by atoms with E-state index in [-0.39, 0.29) is 19.0 Å². The highest BCUT2D eigenvalue weighted by Gasteiger charge is 2.44. The van der Waals surface area contributed by atoms with Crippen molar-refractivity contribution in [1.29, 1.82) is 0 Å². The first-order valence-electron chi connectivity index (χ1n) is 4.90. The van der Waals surface area contributed by atoms with Crippen molar-refractivity contribution in [1.82, 2.24) is 4.90 Å². The van der Waals surface area contributed by atoms with Gasteiger partial charge in [0.15, 0.2) is 0 Å². The van der Waals surface area contributed by atoms with Gasteiger partial charge in [-0.2, -0.15) is 0 Å². The summed E-state index contributed by atoms with van der Waals surface area (Å²) in [6, 6.07) is -0.151. The van der Waals surface area contributed by atoms with E-state index in [2.05, 4.69) is 0 Å². The second-order valence-corrected chi connectivity index (χ2v) is 3.78. The predicted molar refractivity (Wildman–Crippen MR) is 50.5 cm³/mol. The molecule has 5 heteroatoms. The highest BCUT2D eigenvalue weighted by Crippen LogP contribution is 2.31. The van der Waals surface area contributed by atoms with Crippen molar-refractivity contribution in [3.8, 4) is 0 Å². The van der Waals surface area contributed by atoms with E-state index in [9.17, 15) is 8.78 Å². The molecule has 1 rings (SSSR count). The minimum absolute atomic E-state index is 0.0919. The number of halogens is 2. The van der Waals surface area contributed by atoms with Crippen LogP contribution in [0.15, 0.2) is 0 Å². The summed E-state index contributed by atoms with van der Waals surface area (Å²) in [6.07, 6.45) is 0.668. The molecule has 3 nitrogen and oxygen atoms in total. The summed E-state index contributed by atoms with van der Waals surface area (Å²) in [5.41, 5.74) is 5.35. The highest BCUT2D eigenvalue weighted by molar-refractivity contribution is 4.90. The molecule has 0 spiro atoms. The molecule has 84 valence electrons. The van der Waals surface area contributed by atoms with Crippen molar-refractivity contribution >= 4 is 0 Å². The van der Waals surface area contributed by atoms with Crippen LogP contribution in [0.5, 0.6) is 0 Å². The minimum atomic E-state index is -2.56. The third kappa shape index (κ3) is 3.15. The van der Waals surface area contributed by atoms with E-state index in [4.69, 9.17) is 10.5 Å². The Bertz CT molecular complexity index is 178. The molecular formula is C9H18F2N2O. The van der Waals surface area contributed by atoms with E-state index in [0.717, 1.165) is 6.42 Å². The highest BCUT2D eigenvalue weighted by atomic mass is 19.3. The van der Waals surface area contributed by atoms with Gasteiger partial charge in [0.05, 0.1) is 13.2 Å². The zero-order chi connectivity index (χ0) is 10.6. The van der Waals surface area contributed by atoms with Crippen molar-refractivity contribution in [2.24, 2.45) is 5.73 Å². The molecule has 0 unspecified atom stereocenters. The van der Waals surface area contributed by atoms with Gasteiger partial charge in [-0.15, -0.1) is 0 Å². The van der Waals surface area contributed by atoms with Gasteiger partial charge in [0.1, 0.15) is 0 Å². The maximum atomic E-state index is 13.1. The van der Waals surface area contributed by atoms with E-state index in [1.165, 1.54) is 7.11 Å². The fraction of sp³-hybridized carbons (Fsp3) is 1.00. The fourth-order valence-electron chi connectivity index (χ4n) is 1.88. The van der Waals surface area contributed by atoms with Crippen LogP contribution in [0.3, 0.4) is 0 Å². The number of hydrogen-bond acceptors (Lipinski definition) is 3. The summed E-state index contributed by atoms with van der Waals surface area (Å²) in [6.45, 7) is 1.41. The Morgan fingerprint density at radius 2 is 2.29 bits per heavy atom. The molecule has 0 amide bonds. The molecule has 0 aromatic heterocycles. The number of nitrogens with zero attached hydrogens (tertiary/aromatic N) is 1. The first-order valence-corrected chi connectivity index (χ1v) is 4.90. The molecule has 0 aromatic rings. The van der Waals surface area contributed by atoms with Gasteiger partial charge in [-0.05, 0) is 19.5 Å². The summed E-state index contributed by atoms with van der Waals surface area (Å²) in [7, 11) is 1.54. The van der Waals surface area contributed by atoms with Gasteiger partial charge in [0, 0.05) is 19.6 Å². The van der Waals surface area contributed by atoms with Crippen molar-refractivity contribution in [3.63, 3.8) is 0 Å². The van der Waals surface area contributed by atoms with Gasteiger partial charge in [0.2, 0.25) is 0 Å². The third-order valence-electron chi connectivity index (χ3n) is 2.49. The SMILES string of the molecule is COC[C@@H]1CC(F)(F)CN1CCCN. The van der Waals surface area contributed by atoms with E-state index >= 15 is 0 Å². The number of likely N-dealkylation sites (tertiary alicyclic amines) is 1. The zero-order valence-corrected chi connectivity index (χ0v) is 8.51. The molecular weight excluding hydrogens is 190 g/mol. The number of ether oxygens (including phenoxy) is 1. The molecule has 1 fully saturated rings. The standard InChI is InChI=1S/C9H18F2N2O/c1-14-6-8-5-9(10,11)7-13(8)4-2-3-12/h8H,2-7,12H2,1H3/t8-/m0/s1. The molecule has 2 N–H and O–H groups in total. The lowest BCUT2D eigenvalue weighted by molar-refractivity contribution is 0.0116. The lowest BCUT2D eigenvalue weighted by Crippen LogP contribution is -2.35. The van der Waals surface area contributed by atoms with Gasteiger partial charge in [0.25, 0.3) is 5.92 Å². The molecule has 0 radical (unpaired) electrons. The summed E-state index contributed by atoms with van der Waals surface area (Å²) in [5, 5.41) is 0. The molecule has 1 aliphatic rings. The zero-order valence-electron chi connectivity index (χ0n) is 8.51. The first-order chi connectivity index (χ1) is 6.59. The molecule has 1 heterocycles. The maximum absolute atomic E-state index is 13.1. The Kier molecular flexibility index (Phi) is 4.22. The van der Waals surface area contributed by atoms with Gasteiger partial charge < -0.3 is 10.5 Å². The van der Waals surface area contributed by atoms with Crippen LogP contribution >= 0.6 is 0 Å².